The van der Waals surface area contributed by atoms with E-state index in [1.165, 1.54) is 4.88 Å². The summed E-state index contributed by atoms with van der Waals surface area (Å²) in [5.74, 6) is 0. The second-order valence-electron chi connectivity index (χ2n) is 6.56. The van der Waals surface area contributed by atoms with Crippen LogP contribution in [0.1, 0.15) is 44.2 Å². The van der Waals surface area contributed by atoms with Crippen LogP contribution in [-0.4, -0.2) is 36.8 Å². The van der Waals surface area contributed by atoms with E-state index >= 15 is 0 Å². The van der Waals surface area contributed by atoms with E-state index in [2.05, 4.69) is 45.0 Å². The molecule has 2 rings (SSSR count). The number of ether oxygens (including phenoxy) is 1. The van der Waals surface area contributed by atoms with Crippen molar-refractivity contribution in [3.8, 4) is 0 Å². The smallest absolute Gasteiger partial charge is 0.185 e. The molecule has 114 valence electrons. The van der Waals surface area contributed by atoms with E-state index in [9.17, 15) is 0 Å². The van der Waals surface area contributed by atoms with Gasteiger partial charge in [-0.05, 0) is 40.5 Å². The zero-order chi connectivity index (χ0) is 14.8. The van der Waals surface area contributed by atoms with Crippen LogP contribution in [0.15, 0.2) is 0 Å². The molecule has 1 N–H and O–H groups in total. The van der Waals surface area contributed by atoms with Crippen molar-refractivity contribution in [3.05, 3.63) is 10.6 Å². The molecule has 0 aromatic carbocycles. The van der Waals surface area contributed by atoms with Crippen molar-refractivity contribution in [1.82, 2.24) is 10.3 Å². The fraction of sp³-hybridized carbons (Fsp3) is 0.800. The van der Waals surface area contributed by atoms with Gasteiger partial charge in [0.15, 0.2) is 5.13 Å². The van der Waals surface area contributed by atoms with Gasteiger partial charge < -0.3 is 15.0 Å². The molecule has 1 aliphatic heterocycles. The van der Waals surface area contributed by atoms with Crippen LogP contribution in [0.2, 0.25) is 0 Å². The summed E-state index contributed by atoms with van der Waals surface area (Å²) in [6.07, 6.45) is 2.20. The van der Waals surface area contributed by atoms with Gasteiger partial charge in [-0.1, -0.05) is 0 Å². The van der Waals surface area contributed by atoms with Gasteiger partial charge in [0.05, 0.1) is 5.69 Å². The lowest BCUT2D eigenvalue weighted by Crippen LogP contribution is -2.36. The maximum absolute atomic E-state index is 5.44. The van der Waals surface area contributed by atoms with Crippen LogP contribution in [0.3, 0.4) is 0 Å². The predicted octanol–water partition coefficient (Wildman–Crippen LogP) is 2.95. The van der Waals surface area contributed by atoms with Gasteiger partial charge in [-0.25, -0.2) is 4.98 Å². The third-order valence-electron chi connectivity index (χ3n) is 3.70. The van der Waals surface area contributed by atoms with E-state index in [1.54, 1.807) is 0 Å². The average molecular weight is 297 g/mol. The first-order valence-electron chi connectivity index (χ1n) is 7.39. The van der Waals surface area contributed by atoms with Gasteiger partial charge in [0.1, 0.15) is 0 Å². The summed E-state index contributed by atoms with van der Waals surface area (Å²) >= 11 is 1.81. The molecule has 1 fully saturated rings. The topological polar surface area (TPSA) is 37.4 Å². The van der Waals surface area contributed by atoms with Crippen LogP contribution >= 0.6 is 11.3 Å². The van der Waals surface area contributed by atoms with Crippen molar-refractivity contribution in [1.29, 1.82) is 0 Å². The summed E-state index contributed by atoms with van der Waals surface area (Å²) in [7, 11) is 2.16. The highest BCUT2D eigenvalue weighted by molar-refractivity contribution is 7.15. The number of thiazole rings is 1. The van der Waals surface area contributed by atoms with E-state index in [4.69, 9.17) is 9.72 Å². The summed E-state index contributed by atoms with van der Waals surface area (Å²) < 4.78 is 5.44. The van der Waals surface area contributed by atoms with Crippen LogP contribution in [-0.2, 0) is 11.3 Å². The van der Waals surface area contributed by atoms with Crippen molar-refractivity contribution in [2.24, 2.45) is 0 Å². The largest absolute Gasteiger partial charge is 0.381 e. The third kappa shape index (κ3) is 4.17. The lowest BCUT2D eigenvalue weighted by Gasteiger charge is -2.30. The SMILES string of the molecule is Cc1nc(N(C)C2CCOCC2)sc1CNC(C)(C)C. The highest BCUT2D eigenvalue weighted by atomic mass is 32.1. The lowest BCUT2D eigenvalue weighted by molar-refractivity contribution is 0.0855. The molecule has 0 aliphatic carbocycles. The van der Waals surface area contributed by atoms with Crippen molar-refractivity contribution in [3.63, 3.8) is 0 Å². The average Bonchev–Trinajstić information content (AvgIpc) is 2.77. The van der Waals surface area contributed by atoms with E-state index in [0.717, 1.165) is 43.4 Å². The molecular weight excluding hydrogens is 270 g/mol. The Balaban J connectivity index is 2.02. The summed E-state index contributed by atoms with van der Waals surface area (Å²) in [5, 5.41) is 4.68. The first kappa shape index (κ1) is 15.7. The quantitative estimate of drug-likeness (QED) is 0.927. The van der Waals surface area contributed by atoms with Crippen LogP contribution < -0.4 is 10.2 Å². The van der Waals surface area contributed by atoms with Gasteiger partial charge in [0, 0.05) is 43.3 Å². The lowest BCUT2D eigenvalue weighted by atomic mass is 10.1. The minimum absolute atomic E-state index is 0.142. The summed E-state index contributed by atoms with van der Waals surface area (Å²) in [5.41, 5.74) is 1.30. The van der Waals surface area contributed by atoms with E-state index in [1.807, 2.05) is 11.3 Å². The predicted molar refractivity (Wildman–Crippen MR) is 85.7 cm³/mol. The molecule has 2 heterocycles. The molecule has 1 aliphatic rings. The molecule has 0 atom stereocenters. The second kappa shape index (κ2) is 6.41. The van der Waals surface area contributed by atoms with Gasteiger partial charge >= 0.3 is 0 Å². The Morgan fingerprint density at radius 1 is 1.35 bits per heavy atom. The Kier molecular flexibility index (Phi) is 5.04. The Morgan fingerprint density at radius 3 is 2.60 bits per heavy atom. The molecule has 20 heavy (non-hydrogen) atoms. The number of aromatic nitrogens is 1. The molecule has 1 aromatic rings. The summed E-state index contributed by atoms with van der Waals surface area (Å²) in [4.78, 5) is 8.43. The number of nitrogens with zero attached hydrogens (tertiary/aromatic N) is 2. The van der Waals surface area contributed by atoms with Crippen LogP contribution in [0.25, 0.3) is 0 Å². The minimum Gasteiger partial charge on any atom is -0.381 e. The van der Waals surface area contributed by atoms with Gasteiger partial charge in [-0.15, -0.1) is 11.3 Å². The molecule has 1 saturated heterocycles. The number of aryl methyl sites for hydroxylation is 1. The summed E-state index contributed by atoms with van der Waals surface area (Å²) in [6.45, 7) is 11.3. The van der Waals surface area contributed by atoms with E-state index in [0.29, 0.717) is 6.04 Å². The van der Waals surface area contributed by atoms with Gasteiger partial charge in [-0.2, -0.15) is 0 Å². The third-order valence-corrected chi connectivity index (χ3v) is 4.95. The highest BCUT2D eigenvalue weighted by Crippen LogP contribution is 2.29. The van der Waals surface area contributed by atoms with Crippen LogP contribution in [0, 0.1) is 6.92 Å². The second-order valence-corrected chi connectivity index (χ2v) is 7.63. The molecule has 0 radical (unpaired) electrons. The highest BCUT2D eigenvalue weighted by Gasteiger charge is 2.22. The Hall–Kier alpha value is -0.650. The maximum Gasteiger partial charge on any atom is 0.185 e. The maximum atomic E-state index is 5.44. The van der Waals surface area contributed by atoms with E-state index in [-0.39, 0.29) is 5.54 Å². The number of rotatable bonds is 4. The van der Waals surface area contributed by atoms with Crippen molar-refractivity contribution < 1.29 is 4.74 Å². The van der Waals surface area contributed by atoms with Gasteiger partial charge in [0.25, 0.3) is 0 Å². The van der Waals surface area contributed by atoms with Crippen LogP contribution in [0.4, 0.5) is 5.13 Å². The normalized spacial score (nSPS) is 17.4. The first-order valence-corrected chi connectivity index (χ1v) is 8.20. The minimum atomic E-state index is 0.142. The molecule has 0 amide bonds. The molecular formula is C15H27N3OS. The number of hydrogen-bond donors (Lipinski definition) is 1. The van der Waals surface area contributed by atoms with Gasteiger partial charge in [-0.3, -0.25) is 0 Å². The number of anilines is 1. The molecule has 1 aromatic heterocycles. The monoisotopic (exact) mass is 297 g/mol. The Bertz CT molecular complexity index is 433. The van der Waals surface area contributed by atoms with Crippen LogP contribution in [0.5, 0.6) is 0 Å². The molecule has 0 bridgehead atoms. The van der Waals surface area contributed by atoms with Crippen molar-refractivity contribution in [2.45, 2.75) is 58.7 Å². The number of hydrogen-bond acceptors (Lipinski definition) is 5. The van der Waals surface area contributed by atoms with Gasteiger partial charge in [0.2, 0.25) is 0 Å². The zero-order valence-corrected chi connectivity index (χ0v) is 14.1. The molecule has 0 spiro atoms. The first-order chi connectivity index (χ1) is 9.37. The zero-order valence-electron chi connectivity index (χ0n) is 13.3. The molecule has 5 heteroatoms. The van der Waals surface area contributed by atoms with E-state index < -0.39 is 0 Å². The molecule has 4 nitrogen and oxygen atoms in total. The summed E-state index contributed by atoms with van der Waals surface area (Å²) in [6, 6.07) is 0.567. The molecule has 0 unspecified atom stereocenters. The fourth-order valence-corrected chi connectivity index (χ4v) is 3.34. The molecule has 0 saturated carbocycles. The Labute approximate surface area is 126 Å². The fourth-order valence-electron chi connectivity index (χ4n) is 2.30. The number of nitrogens with one attached hydrogen (secondary N) is 1. The Morgan fingerprint density at radius 2 is 2.00 bits per heavy atom. The van der Waals surface area contributed by atoms with Crippen molar-refractivity contribution in [2.75, 3.05) is 25.2 Å². The van der Waals surface area contributed by atoms with Crippen molar-refractivity contribution >= 4 is 16.5 Å². The standard InChI is InChI=1S/C15H27N3OS/c1-11-13(10-16-15(2,3)4)20-14(17-11)18(5)12-6-8-19-9-7-12/h12,16H,6-10H2,1-5H3.